The molecule has 0 spiro atoms. The smallest absolute Gasteiger partial charge is 0.262 e. The van der Waals surface area contributed by atoms with E-state index in [9.17, 15) is 4.79 Å². The highest BCUT2D eigenvalue weighted by atomic mass is 35.5. The van der Waals surface area contributed by atoms with E-state index in [0.717, 1.165) is 0 Å². The Bertz CT molecular complexity index is 629. The second-order valence-corrected chi connectivity index (χ2v) is 4.69. The van der Waals surface area contributed by atoms with E-state index >= 15 is 0 Å². The van der Waals surface area contributed by atoms with Crippen molar-refractivity contribution in [2.24, 2.45) is 0 Å². The standard InChI is InChI=1S/C15H15ClN2O3/c1-20-14-7-4-11(17)8-13(14)18-15(19)9-21-12-5-2-10(16)3-6-12/h2-8H,9,17H2,1H3,(H,18,19). The number of anilines is 2. The lowest BCUT2D eigenvalue weighted by molar-refractivity contribution is -0.118. The molecule has 2 aromatic rings. The third-order valence-corrected chi connectivity index (χ3v) is 2.93. The number of amides is 1. The second kappa shape index (κ2) is 6.85. The second-order valence-electron chi connectivity index (χ2n) is 4.25. The van der Waals surface area contributed by atoms with E-state index in [0.29, 0.717) is 27.9 Å². The molecule has 2 rings (SSSR count). The van der Waals surface area contributed by atoms with Crippen molar-refractivity contribution in [1.29, 1.82) is 0 Å². The zero-order chi connectivity index (χ0) is 15.2. The number of rotatable bonds is 5. The van der Waals surface area contributed by atoms with Crippen LogP contribution in [-0.4, -0.2) is 19.6 Å². The molecule has 0 bridgehead atoms. The molecule has 0 aliphatic carbocycles. The Balaban J connectivity index is 1.95. The summed E-state index contributed by atoms with van der Waals surface area (Å²) in [5.41, 5.74) is 6.72. The van der Waals surface area contributed by atoms with Gasteiger partial charge < -0.3 is 20.5 Å². The zero-order valence-corrected chi connectivity index (χ0v) is 12.2. The Kier molecular flexibility index (Phi) is 4.90. The van der Waals surface area contributed by atoms with Crippen molar-refractivity contribution in [3.8, 4) is 11.5 Å². The zero-order valence-electron chi connectivity index (χ0n) is 11.4. The average molecular weight is 307 g/mol. The van der Waals surface area contributed by atoms with Crippen molar-refractivity contribution >= 4 is 28.9 Å². The van der Waals surface area contributed by atoms with Gasteiger partial charge in [-0.2, -0.15) is 0 Å². The van der Waals surface area contributed by atoms with Crippen LogP contribution in [0.5, 0.6) is 11.5 Å². The first-order chi connectivity index (χ1) is 10.1. The molecule has 6 heteroatoms. The van der Waals surface area contributed by atoms with Gasteiger partial charge in [-0.05, 0) is 42.5 Å². The third-order valence-electron chi connectivity index (χ3n) is 2.68. The third kappa shape index (κ3) is 4.29. The van der Waals surface area contributed by atoms with Gasteiger partial charge in [0.15, 0.2) is 6.61 Å². The molecule has 0 saturated heterocycles. The highest BCUT2D eigenvalue weighted by Crippen LogP contribution is 2.26. The van der Waals surface area contributed by atoms with Crippen molar-refractivity contribution < 1.29 is 14.3 Å². The van der Waals surface area contributed by atoms with Crippen molar-refractivity contribution in [3.05, 3.63) is 47.5 Å². The lowest BCUT2D eigenvalue weighted by atomic mass is 10.2. The number of halogens is 1. The van der Waals surface area contributed by atoms with Crippen LogP contribution in [0.15, 0.2) is 42.5 Å². The molecule has 0 atom stereocenters. The summed E-state index contributed by atoms with van der Waals surface area (Å²) < 4.78 is 10.5. The lowest BCUT2D eigenvalue weighted by Gasteiger charge is -2.11. The highest BCUT2D eigenvalue weighted by Gasteiger charge is 2.08. The SMILES string of the molecule is COc1ccc(N)cc1NC(=O)COc1ccc(Cl)cc1. The fourth-order valence-corrected chi connectivity index (χ4v) is 1.82. The van der Waals surface area contributed by atoms with Crippen LogP contribution in [0.2, 0.25) is 5.02 Å². The van der Waals surface area contributed by atoms with Gasteiger partial charge >= 0.3 is 0 Å². The first-order valence-corrected chi connectivity index (χ1v) is 6.58. The molecular weight excluding hydrogens is 292 g/mol. The molecule has 5 nitrogen and oxygen atoms in total. The summed E-state index contributed by atoms with van der Waals surface area (Å²) in [6, 6.07) is 11.8. The maximum atomic E-state index is 11.9. The lowest BCUT2D eigenvalue weighted by Crippen LogP contribution is -2.20. The minimum Gasteiger partial charge on any atom is -0.495 e. The van der Waals surface area contributed by atoms with E-state index in [4.69, 9.17) is 26.8 Å². The molecule has 1 amide bonds. The summed E-state index contributed by atoms with van der Waals surface area (Å²) in [6.45, 7) is -0.125. The van der Waals surface area contributed by atoms with Crippen molar-refractivity contribution in [2.75, 3.05) is 24.8 Å². The van der Waals surface area contributed by atoms with Crippen molar-refractivity contribution in [3.63, 3.8) is 0 Å². The molecule has 0 aromatic heterocycles. The monoisotopic (exact) mass is 306 g/mol. The quantitative estimate of drug-likeness (QED) is 0.833. The molecule has 0 heterocycles. The van der Waals surface area contributed by atoms with Gasteiger partial charge in [-0.1, -0.05) is 11.6 Å². The van der Waals surface area contributed by atoms with Crippen LogP contribution in [0.1, 0.15) is 0 Å². The maximum Gasteiger partial charge on any atom is 0.262 e. The van der Waals surface area contributed by atoms with Gasteiger partial charge in [-0.15, -0.1) is 0 Å². The minimum atomic E-state index is -0.311. The average Bonchev–Trinajstić information content (AvgIpc) is 2.47. The number of nitrogen functional groups attached to an aromatic ring is 1. The predicted octanol–water partition coefficient (Wildman–Crippen LogP) is 2.95. The fraction of sp³-hybridized carbons (Fsp3) is 0.133. The maximum absolute atomic E-state index is 11.9. The molecular formula is C15H15ClN2O3. The molecule has 0 fully saturated rings. The molecule has 0 saturated carbocycles. The highest BCUT2D eigenvalue weighted by molar-refractivity contribution is 6.30. The summed E-state index contributed by atoms with van der Waals surface area (Å²) in [5.74, 6) is 0.784. The number of ether oxygens (including phenoxy) is 2. The van der Waals surface area contributed by atoms with Crippen LogP contribution in [0.25, 0.3) is 0 Å². The number of benzene rings is 2. The molecule has 0 aliphatic rings. The van der Waals surface area contributed by atoms with Crippen LogP contribution in [0.3, 0.4) is 0 Å². The first-order valence-electron chi connectivity index (χ1n) is 6.20. The van der Waals surface area contributed by atoms with E-state index in [2.05, 4.69) is 5.32 Å². The molecule has 2 aromatic carbocycles. The van der Waals surface area contributed by atoms with Gasteiger partial charge in [0.05, 0.1) is 12.8 Å². The molecule has 110 valence electrons. The molecule has 0 radical (unpaired) electrons. The Hall–Kier alpha value is -2.40. The largest absolute Gasteiger partial charge is 0.495 e. The Morgan fingerprint density at radius 1 is 1.24 bits per heavy atom. The van der Waals surface area contributed by atoms with Gasteiger partial charge in [0.25, 0.3) is 5.91 Å². The normalized spacial score (nSPS) is 10.0. The number of carbonyl (C=O) groups excluding carboxylic acids is 1. The van der Waals surface area contributed by atoms with E-state index in [1.165, 1.54) is 7.11 Å². The van der Waals surface area contributed by atoms with E-state index < -0.39 is 0 Å². The van der Waals surface area contributed by atoms with E-state index in [1.807, 2.05) is 0 Å². The minimum absolute atomic E-state index is 0.125. The molecule has 0 aliphatic heterocycles. The molecule has 3 N–H and O–H groups in total. The number of hydrogen-bond donors (Lipinski definition) is 2. The summed E-state index contributed by atoms with van der Waals surface area (Å²) in [5, 5.41) is 3.30. The fourth-order valence-electron chi connectivity index (χ4n) is 1.69. The van der Waals surface area contributed by atoms with Gasteiger partial charge in [-0.3, -0.25) is 4.79 Å². The number of nitrogens with one attached hydrogen (secondary N) is 1. The van der Waals surface area contributed by atoms with Crippen molar-refractivity contribution in [1.82, 2.24) is 0 Å². The van der Waals surface area contributed by atoms with Crippen LogP contribution in [0, 0.1) is 0 Å². The number of carbonyl (C=O) groups is 1. The van der Waals surface area contributed by atoms with E-state index in [-0.39, 0.29) is 12.5 Å². The predicted molar refractivity (Wildman–Crippen MR) is 83.0 cm³/mol. The topological polar surface area (TPSA) is 73.6 Å². The van der Waals surface area contributed by atoms with Gasteiger partial charge in [0.1, 0.15) is 11.5 Å². The number of nitrogens with two attached hydrogens (primary N) is 1. The Labute approximate surface area is 127 Å². The number of hydrogen-bond acceptors (Lipinski definition) is 4. The summed E-state index contributed by atoms with van der Waals surface area (Å²) >= 11 is 5.77. The van der Waals surface area contributed by atoms with Crippen LogP contribution < -0.4 is 20.5 Å². The van der Waals surface area contributed by atoms with Gasteiger partial charge in [0.2, 0.25) is 0 Å². The first kappa shape index (κ1) is 15.0. The van der Waals surface area contributed by atoms with Crippen LogP contribution in [0.4, 0.5) is 11.4 Å². The van der Waals surface area contributed by atoms with Crippen LogP contribution >= 0.6 is 11.6 Å². The summed E-state index contributed by atoms with van der Waals surface area (Å²) in [4.78, 5) is 11.9. The molecule has 21 heavy (non-hydrogen) atoms. The van der Waals surface area contributed by atoms with Crippen molar-refractivity contribution in [2.45, 2.75) is 0 Å². The summed E-state index contributed by atoms with van der Waals surface area (Å²) in [7, 11) is 1.52. The van der Waals surface area contributed by atoms with E-state index in [1.54, 1.807) is 42.5 Å². The molecule has 0 unspecified atom stereocenters. The Morgan fingerprint density at radius 2 is 1.95 bits per heavy atom. The van der Waals surface area contributed by atoms with Gasteiger partial charge in [0, 0.05) is 10.7 Å². The Morgan fingerprint density at radius 3 is 2.62 bits per heavy atom. The van der Waals surface area contributed by atoms with Crippen LogP contribution in [-0.2, 0) is 4.79 Å². The summed E-state index contributed by atoms with van der Waals surface area (Å²) in [6.07, 6.45) is 0. The number of methoxy groups -OCH3 is 1. The van der Waals surface area contributed by atoms with Gasteiger partial charge in [-0.25, -0.2) is 0 Å².